The predicted molar refractivity (Wildman–Crippen MR) is 47.8 cm³/mol. The summed E-state index contributed by atoms with van der Waals surface area (Å²) in [5, 5.41) is 8.50. The van der Waals surface area contributed by atoms with Crippen LogP contribution in [0.3, 0.4) is 0 Å². The van der Waals surface area contributed by atoms with Gasteiger partial charge in [-0.1, -0.05) is 0 Å². The van der Waals surface area contributed by atoms with Gasteiger partial charge in [0.1, 0.15) is 6.04 Å². The van der Waals surface area contributed by atoms with E-state index in [1.165, 1.54) is 0 Å². The minimum atomic E-state index is -0.985. The summed E-state index contributed by atoms with van der Waals surface area (Å²) in [6, 6.07) is 0.971. The molecule has 0 fully saturated rings. The number of nitrogens with one attached hydrogen (secondary N) is 1. The molecule has 0 aliphatic carbocycles. The van der Waals surface area contributed by atoms with Crippen molar-refractivity contribution >= 4 is 21.9 Å². The molecule has 0 spiro atoms. The van der Waals surface area contributed by atoms with Crippen LogP contribution in [-0.2, 0) is 11.2 Å². The third-order valence-electron chi connectivity index (χ3n) is 1.46. The molecule has 0 aromatic carbocycles. The van der Waals surface area contributed by atoms with Gasteiger partial charge in [0.25, 0.3) is 0 Å². The molecular weight excluding hydrogens is 224 g/mol. The molecule has 1 atom stereocenters. The molecule has 1 heterocycles. The van der Waals surface area contributed by atoms with Crippen molar-refractivity contribution in [3.8, 4) is 0 Å². The van der Waals surface area contributed by atoms with Crippen LogP contribution < -0.4 is 5.73 Å². The fourth-order valence-corrected chi connectivity index (χ4v) is 1.24. The highest BCUT2D eigenvalue weighted by Crippen LogP contribution is 2.11. The lowest BCUT2D eigenvalue weighted by molar-refractivity contribution is -0.138. The van der Waals surface area contributed by atoms with Crippen molar-refractivity contribution in [2.75, 3.05) is 0 Å². The smallest absolute Gasteiger partial charge is 0.320 e. The van der Waals surface area contributed by atoms with E-state index >= 15 is 0 Å². The molecule has 0 aliphatic rings. The number of hydrogen-bond donors (Lipinski definition) is 3. The SMILES string of the molecule is NC(Cc1cc(Br)c[nH]1)C(=O)O. The lowest BCUT2D eigenvalue weighted by Crippen LogP contribution is -2.32. The number of carboxylic acids is 1. The van der Waals surface area contributed by atoms with Crippen molar-refractivity contribution in [1.29, 1.82) is 0 Å². The number of rotatable bonds is 3. The van der Waals surface area contributed by atoms with Crippen molar-refractivity contribution in [2.45, 2.75) is 12.5 Å². The van der Waals surface area contributed by atoms with Gasteiger partial charge in [-0.3, -0.25) is 4.79 Å². The Morgan fingerprint density at radius 1 is 1.83 bits per heavy atom. The summed E-state index contributed by atoms with van der Waals surface area (Å²) in [4.78, 5) is 13.3. The van der Waals surface area contributed by atoms with Gasteiger partial charge in [0.15, 0.2) is 0 Å². The molecule has 0 bridgehead atoms. The number of aliphatic carboxylic acids is 1. The molecule has 1 aromatic rings. The van der Waals surface area contributed by atoms with E-state index in [9.17, 15) is 4.79 Å². The van der Waals surface area contributed by atoms with Gasteiger partial charge in [-0.25, -0.2) is 0 Å². The average molecular weight is 233 g/mol. The molecular formula is C7H9BrN2O2. The number of carbonyl (C=O) groups is 1. The molecule has 4 nitrogen and oxygen atoms in total. The Morgan fingerprint density at radius 2 is 2.50 bits per heavy atom. The summed E-state index contributed by atoms with van der Waals surface area (Å²) in [5.74, 6) is -0.985. The van der Waals surface area contributed by atoms with Gasteiger partial charge in [-0.2, -0.15) is 0 Å². The first-order valence-electron chi connectivity index (χ1n) is 3.41. The number of aromatic nitrogens is 1. The molecule has 1 unspecified atom stereocenters. The molecule has 1 rings (SSSR count). The van der Waals surface area contributed by atoms with Crippen molar-refractivity contribution in [3.05, 3.63) is 22.4 Å². The first-order chi connectivity index (χ1) is 5.59. The molecule has 0 saturated carbocycles. The van der Waals surface area contributed by atoms with E-state index in [-0.39, 0.29) is 0 Å². The topological polar surface area (TPSA) is 79.1 Å². The third-order valence-corrected chi connectivity index (χ3v) is 1.92. The second kappa shape index (κ2) is 3.73. The van der Waals surface area contributed by atoms with Crippen molar-refractivity contribution in [2.24, 2.45) is 5.73 Å². The van der Waals surface area contributed by atoms with Crippen LogP contribution in [0.5, 0.6) is 0 Å². The molecule has 66 valence electrons. The zero-order valence-corrected chi connectivity index (χ0v) is 7.84. The van der Waals surface area contributed by atoms with Gasteiger partial charge < -0.3 is 15.8 Å². The molecule has 0 radical (unpaired) electrons. The maximum Gasteiger partial charge on any atom is 0.320 e. The highest BCUT2D eigenvalue weighted by Gasteiger charge is 2.12. The summed E-state index contributed by atoms with van der Waals surface area (Å²) < 4.78 is 0.898. The Hall–Kier alpha value is -0.810. The number of H-pyrrole nitrogens is 1. The Bertz CT molecular complexity index is 285. The normalized spacial score (nSPS) is 12.8. The Kier molecular flexibility index (Phi) is 2.88. The monoisotopic (exact) mass is 232 g/mol. The standard InChI is InChI=1S/C7H9BrN2O2/c8-4-1-5(10-3-4)2-6(9)7(11)12/h1,3,6,10H,2,9H2,(H,11,12). The summed E-state index contributed by atoms with van der Waals surface area (Å²) in [7, 11) is 0. The first kappa shape index (κ1) is 9.28. The number of carboxylic acid groups (broad SMARTS) is 1. The van der Waals surface area contributed by atoms with Crippen LogP contribution in [-0.4, -0.2) is 22.1 Å². The Balaban J connectivity index is 2.58. The lowest BCUT2D eigenvalue weighted by atomic mass is 10.2. The fraction of sp³-hybridized carbons (Fsp3) is 0.286. The van der Waals surface area contributed by atoms with Crippen molar-refractivity contribution in [1.82, 2.24) is 4.98 Å². The summed E-state index contributed by atoms with van der Waals surface area (Å²) in [6.07, 6.45) is 2.06. The summed E-state index contributed by atoms with van der Waals surface area (Å²) in [6.45, 7) is 0. The second-order valence-electron chi connectivity index (χ2n) is 2.49. The van der Waals surface area contributed by atoms with E-state index in [0.29, 0.717) is 6.42 Å². The molecule has 1 aromatic heterocycles. The van der Waals surface area contributed by atoms with E-state index in [1.807, 2.05) is 6.07 Å². The van der Waals surface area contributed by atoms with E-state index in [4.69, 9.17) is 10.8 Å². The van der Waals surface area contributed by atoms with Gasteiger partial charge in [0.2, 0.25) is 0 Å². The van der Waals surface area contributed by atoms with Crippen LogP contribution in [0.1, 0.15) is 5.69 Å². The number of aromatic amines is 1. The molecule has 4 N–H and O–H groups in total. The highest BCUT2D eigenvalue weighted by molar-refractivity contribution is 9.10. The number of hydrogen-bond acceptors (Lipinski definition) is 2. The van der Waals surface area contributed by atoms with Gasteiger partial charge in [0, 0.05) is 22.8 Å². The van der Waals surface area contributed by atoms with Gasteiger partial charge >= 0.3 is 5.97 Å². The Labute approximate surface area is 77.9 Å². The zero-order valence-electron chi connectivity index (χ0n) is 6.25. The molecule has 12 heavy (non-hydrogen) atoms. The van der Waals surface area contributed by atoms with Gasteiger partial charge in [-0.15, -0.1) is 0 Å². The zero-order chi connectivity index (χ0) is 9.14. The third kappa shape index (κ3) is 2.35. The largest absolute Gasteiger partial charge is 0.480 e. The van der Waals surface area contributed by atoms with Crippen LogP contribution in [0.2, 0.25) is 0 Å². The van der Waals surface area contributed by atoms with Gasteiger partial charge in [-0.05, 0) is 22.0 Å². The van der Waals surface area contributed by atoms with Crippen LogP contribution in [0.4, 0.5) is 0 Å². The first-order valence-corrected chi connectivity index (χ1v) is 4.20. The maximum absolute atomic E-state index is 10.4. The minimum absolute atomic E-state index is 0.320. The van der Waals surface area contributed by atoms with Crippen molar-refractivity contribution < 1.29 is 9.90 Å². The van der Waals surface area contributed by atoms with Crippen LogP contribution in [0, 0.1) is 0 Å². The molecule has 0 aliphatic heterocycles. The van der Waals surface area contributed by atoms with E-state index in [0.717, 1.165) is 10.2 Å². The molecule has 5 heteroatoms. The summed E-state index contributed by atoms with van der Waals surface area (Å²) >= 11 is 3.24. The molecule has 0 saturated heterocycles. The lowest BCUT2D eigenvalue weighted by Gasteiger charge is -2.02. The fourth-order valence-electron chi connectivity index (χ4n) is 0.854. The molecule has 0 amide bonds. The number of nitrogens with two attached hydrogens (primary N) is 1. The summed E-state index contributed by atoms with van der Waals surface area (Å²) in [5.41, 5.74) is 6.14. The Morgan fingerprint density at radius 3 is 2.92 bits per heavy atom. The van der Waals surface area contributed by atoms with Gasteiger partial charge in [0.05, 0.1) is 0 Å². The highest BCUT2D eigenvalue weighted by atomic mass is 79.9. The van der Waals surface area contributed by atoms with Crippen LogP contribution in [0.15, 0.2) is 16.7 Å². The second-order valence-corrected chi connectivity index (χ2v) is 3.41. The predicted octanol–water partition coefficient (Wildman–Crippen LogP) is 0.732. The van der Waals surface area contributed by atoms with Crippen molar-refractivity contribution in [3.63, 3.8) is 0 Å². The van der Waals surface area contributed by atoms with E-state index < -0.39 is 12.0 Å². The van der Waals surface area contributed by atoms with Crippen LogP contribution >= 0.6 is 15.9 Å². The number of halogens is 1. The quantitative estimate of drug-likeness (QED) is 0.720. The van der Waals surface area contributed by atoms with E-state index in [1.54, 1.807) is 6.20 Å². The maximum atomic E-state index is 10.4. The van der Waals surface area contributed by atoms with Crippen LogP contribution in [0.25, 0.3) is 0 Å². The average Bonchev–Trinajstić information content (AvgIpc) is 2.35. The minimum Gasteiger partial charge on any atom is -0.480 e. The van der Waals surface area contributed by atoms with E-state index in [2.05, 4.69) is 20.9 Å².